The first-order valence-corrected chi connectivity index (χ1v) is 11.8. The topological polar surface area (TPSA) is 84.0 Å². The van der Waals surface area contributed by atoms with Crippen LogP contribution in [0.5, 0.6) is 0 Å². The van der Waals surface area contributed by atoms with Gasteiger partial charge in [0.05, 0.1) is 28.7 Å². The van der Waals surface area contributed by atoms with Crippen LogP contribution >= 0.6 is 0 Å². The van der Waals surface area contributed by atoms with Crippen molar-refractivity contribution >= 4 is 25.7 Å². The third-order valence-electron chi connectivity index (χ3n) is 5.01. The molecule has 0 amide bonds. The third kappa shape index (κ3) is 3.80. The van der Waals surface area contributed by atoms with Crippen molar-refractivity contribution in [2.75, 3.05) is 37.7 Å². The zero-order valence-electron chi connectivity index (χ0n) is 16.1. The van der Waals surface area contributed by atoms with E-state index in [0.717, 1.165) is 11.1 Å². The second-order valence-electron chi connectivity index (χ2n) is 6.68. The van der Waals surface area contributed by atoms with E-state index in [2.05, 4.69) is 0 Å². The highest BCUT2D eigenvalue weighted by Gasteiger charge is 2.28. The minimum absolute atomic E-state index is 0.0387. The molecule has 0 saturated carbocycles. The number of ether oxygens (including phenoxy) is 1. The molecule has 0 atom stereocenters. The standard InChI is InChI=1S/C19H24N2O5S2/c1-15-5-4-6-19(16(15)2)20(3)27(22,23)17-7-9-18(10-8-17)28(24,25)21-11-13-26-14-12-21/h4-10H,11-14H2,1-3H3. The van der Waals surface area contributed by atoms with E-state index in [9.17, 15) is 16.8 Å². The first kappa shape index (κ1) is 20.8. The van der Waals surface area contributed by atoms with Crippen LogP contribution in [-0.4, -0.2) is 54.5 Å². The molecular formula is C19H24N2O5S2. The maximum absolute atomic E-state index is 13.0. The van der Waals surface area contributed by atoms with Crippen LogP contribution in [0.25, 0.3) is 0 Å². The Morgan fingerprint density at radius 2 is 1.46 bits per heavy atom. The number of nitrogens with zero attached hydrogens (tertiary/aromatic N) is 2. The second kappa shape index (κ2) is 7.82. The Bertz CT molecular complexity index is 1060. The van der Waals surface area contributed by atoms with E-state index in [4.69, 9.17) is 4.74 Å². The summed E-state index contributed by atoms with van der Waals surface area (Å²) in [6.45, 7) is 5.08. The van der Waals surface area contributed by atoms with E-state index >= 15 is 0 Å². The first-order valence-electron chi connectivity index (χ1n) is 8.89. The lowest BCUT2D eigenvalue weighted by Crippen LogP contribution is -2.40. The smallest absolute Gasteiger partial charge is 0.264 e. The lowest BCUT2D eigenvalue weighted by molar-refractivity contribution is 0.0730. The van der Waals surface area contributed by atoms with E-state index in [-0.39, 0.29) is 22.9 Å². The molecule has 2 aromatic rings. The molecule has 28 heavy (non-hydrogen) atoms. The Labute approximate surface area is 166 Å². The highest BCUT2D eigenvalue weighted by molar-refractivity contribution is 7.92. The summed E-state index contributed by atoms with van der Waals surface area (Å²) in [5.41, 5.74) is 2.46. The van der Waals surface area contributed by atoms with E-state index in [1.165, 1.54) is 39.9 Å². The molecule has 1 aliphatic rings. The lowest BCUT2D eigenvalue weighted by Gasteiger charge is -2.26. The van der Waals surface area contributed by atoms with Gasteiger partial charge in [0, 0.05) is 20.1 Å². The summed E-state index contributed by atoms with van der Waals surface area (Å²) in [5.74, 6) is 0. The van der Waals surface area contributed by atoms with Crippen molar-refractivity contribution < 1.29 is 21.6 Å². The summed E-state index contributed by atoms with van der Waals surface area (Å²) >= 11 is 0. The molecule has 0 aliphatic carbocycles. The number of hydrogen-bond donors (Lipinski definition) is 0. The average molecular weight is 425 g/mol. The summed E-state index contributed by atoms with van der Waals surface area (Å²) in [5, 5.41) is 0. The molecular weight excluding hydrogens is 400 g/mol. The van der Waals surface area contributed by atoms with Gasteiger partial charge in [-0.25, -0.2) is 16.8 Å². The van der Waals surface area contributed by atoms with Gasteiger partial charge >= 0.3 is 0 Å². The van der Waals surface area contributed by atoms with Crippen molar-refractivity contribution in [2.45, 2.75) is 23.6 Å². The van der Waals surface area contributed by atoms with Crippen LogP contribution < -0.4 is 4.31 Å². The van der Waals surface area contributed by atoms with Crippen LogP contribution in [0, 0.1) is 13.8 Å². The van der Waals surface area contributed by atoms with Gasteiger partial charge in [-0.1, -0.05) is 12.1 Å². The summed E-state index contributed by atoms with van der Waals surface area (Å²) in [4.78, 5) is 0.111. The molecule has 1 aliphatic heterocycles. The Morgan fingerprint density at radius 1 is 0.893 bits per heavy atom. The summed E-state index contributed by atoms with van der Waals surface area (Å²) in [6.07, 6.45) is 0. The van der Waals surface area contributed by atoms with Gasteiger partial charge in [-0.2, -0.15) is 4.31 Å². The Hall–Kier alpha value is -1.94. The van der Waals surface area contributed by atoms with E-state index in [0.29, 0.717) is 18.9 Å². The highest BCUT2D eigenvalue weighted by atomic mass is 32.2. The fourth-order valence-electron chi connectivity index (χ4n) is 3.08. The second-order valence-corrected chi connectivity index (χ2v) is 10.6. The van der Waals surface area contributed by atoms with Crippen LogP contribution in [0.4, 0.5) is 5.69 Å². The van der Waals surface area contributed by atoms with Crippen LogP contribution in [0.3, 0.4) is 0 Å². The van der Waals surface area contributed by atoms with Crippen molar-refractivity contribution in [3.05, 3.63) is 53.6 Å². The molecule has 3 rings (SSSR count). The van der Waals surface area contributed by atoms with Gasteiger partial charge < -0.3 is 4.74 Å². The van der Waals surface area contributed by atoms with Gasteiger partial charge in [-0.05, 0) is 55.3 Å². The molecule has 1 heterocycles. The van der Waals surface area contributed by atoms with Crippen molar-refractivity contribution in [2.24, 2.45) is 0 Å². The zero-order valence-corrected chi connectivity index (χ0v) is 17.8. The van der Waals surface area contributed by atoms with Gasteiger partial charge in [0.25, 0.3) is 10.0 Å². The molecule has 7 nitrogen and oxygen atoms in total. The minimum atomic E-state index is -3.81. The summed E-state index contributed by atoms with van der Waals surface area (Å²) in [7, 11) is -5.98. The van der Waals surface area contributed by atoms with Crippen LogP contribution in [0.2, 0.25) is 0 Å². The Balaban J connectivity index is 1.90. The number of benzene rings is 2. The number of sulfonamides is 2. The van der Waals surface area contributed by atoms with Gasteiger partial charge in [-0.3, -0.25) is 4.31 Å². The molecule has 1 saturated heterocycles. The third-order valence-corrected chi connectivity index (χ3v) is 8.70. The minimum Gasteiger partial charge on any atom is -0.379 e. The van der Waals surface area contributed by atoms with Gasteiger partial charge in [-0.15, -0.1) is 0 Å². The Kier molecular flexibility index (Phi) is 5.81. The number of morpholine rings is 1. The van der Waals surface area contributed by atoms with E-state index in [1.807, 2.05) is 26.0 Å². The number of anilines is 1. The van der Waals surface area contributed by atoms with Crippen LogP contribution in [0.1, 0.15) is 11.1 Å². The maximum atomic E-state index is 13.0. The largest absolute Gasteiger partial charge is 0.379 e. The van der Waals surface area contributed by atoms with Crippen molar-refractivity contribution in [3.8, 4) is 0 Å². The van der Waals surface area contributed by atoms with E-state index in [1.54, 1.807) is 6.07 Å². The maximum Gasteiger partial charge on any atom is 0.264 e. The molecule has 0 spiro atoms. The summed E-state index contributed by atoms with van der Waals surface area (Å²) in [6, 6.07) is 10.8. The zero-order chi connectivity index (χ0) is 20.5. The fraction of sp³-hybridized carbons (Fsp3) is 0.368. The summed E-state index contributed by atoms with van der Waals surface area (Å²) < 4.78 is 59.2. The van der Waals surface area contributed by atoms with Crippen LogP contribution in [-0.2, 0) is 24.8 Å². The Morgan fingerprint density at radius 3 is 2.07 bits per heavy atom. The van der Waals surface area contributed by atoms with Crippen molar-refractivity contribution in [1.29, 1.82) is 0 Å². The monoisotopic (exact) mass is 424 g/mol. The number of aryl methyl sites for hydroxylation is 1. The molecule has 0 unspecified atom stereocenters. The molecule has 0 radical (unpaired) electrons. The number of rotatable bonds is 5. The molecule has 152 valence electrons. The van der Waals surface area contributed by atoms with Gasteiger partial charge in [0.2, 0.25) is 10.0 Å². The predicted octanol–water partition coefficient (Wildman–Crippen LogP) is 2.15. The quantitative estimate of drug-likeness (QED) is 0.734. The number of hydrogen-bond acceptors (Lipinski definition) is 5. The van der Waals surface area contributed by atoms with Crippen molar-refractivity contribution in [1.82, 2.24) is 4.31 Å². The predicted molar refractivity (Wildman–Crippen MR) is 108 cm³/mol. The van der Waals surface area contributed by atoms with Gasteiger partial charge in [0.15, 0.2) is 0 Å². The molecule has 0 aromatic heterocycles. The molecule has 9 heteroatoms. The fourth-order valence-corrected chi connectivity index (χ4v) is 5.74. The average Bonchev–Trinajstić information content (AvgIpc) is 2.70. The first-order chi connectivity index (χ1) is 13.2. The molecule has 2 aromatic carbocycles. The highest BCUT2D eigenvalue weighted by Crippen LogP contribution is 2.28. The lowest BCUT2D eigenvalue weighted by atomic mass is 10.1. The molecule has 0 N–H and O–H groups in total. The van der Waals surface area contributed by atoms with Gasteiger partial charge in [0.1, 0.15) is 0 Å². The van der Waals surface area contributed by atoms with Crippen molar-refractivity contribution in [3.63, 3.8) is 0 Å². The van der Waals surface area contributed by atoms with E-state index < -0.39 is 20.0 Å². The molecule has 0 bridgehead atoms. The SMILES string of the molecule is Cc1cccc(N(C)S(=O)(=O)c2ccc(S(=O)(=O)N3CCOCC3)cc2)c1C. The normalized spacial score (nSPS) is 16.1. The van der Waals surface area contributed by atoms with Crippen LogP contribution in [0.15, 0.2) is 52.3 Å². The molecule has 1 fully saturated rings.